The number of amides is 1. The van der Waals surface area contributed by atoms with Gasteiger partial charge in [-0.2, -0.15) is 5.10 Å². The van der Waals surface area contributed by atoms with Crippen molar-refractivity contribution >= 4 is 23.3 Å². The van der Waals surface area contributed by atoms with Crippen LogP contribution >= 0.6 is 11.6 Å². The molecule has 0 bridgehead atoms. The summed E-state index contributed by atoms with van der Waals surface area (Å²) in [6.45, 7) is 6.12. The predicted octanol–water partition coefficient (Wildman–Crippen LogP) is 3.32. The molecule has 6 heteroatoms. The lowest BCUT2D eigenvalue weighted by molar-refractivity contribution is 0.102. The van der Waals surface area contributed by atoms with Gasteiger partial charge in [0.1, 0.15) is 5.75 Å². The minimum Gasteiger partial charge on any atom is -0.507 e. The number of carbonyl (C=O) groups is 1. The number of anilines is 1. The highest BCUT2D eigenvalue weighted by molar-refractivity contribution is 6.30. The fraction of sp³-hybridized carbons (Fsp3) is 0.286. The quantitative estimate of drug-likeness (QED) is 0.795. The first-order chi connectivity index (χ1) is 9.27. The van der Waals surface area contributed by atoms with Crippen molar-refractivity contribution in [2.75, 3.05) is 5.32 Å². The van der Waals surface area contributed by atoms with E-state index in [1.807, 2.05) is 20.8 Å². The number of aromatic amines is 1. The zero-order valence-electron chi connectivity index (χ0n) is 11.5. The Bertz CT molecular complexity index is 644. The lowest BCUT2D eigenvalue weighted by Gasteiger charge is -2.14. The van der Waals surface area contributed by atoms with Crippen LogP contribution in [0.15, 0.2) is 24.3 Å². The molecule has 1 amide bonds. The molecule has 0 atom stereocenters. The summed E-state index contributed by atoms with van der Waals surface area (Å²) in [6, 6.07) is 6.10. The third-order valence-corrected chi connectivity index (χ3v) is 3.07. The number of hydrogen-bond acceptors (Lipinski definition) is 3. The molecule has 0 spiro atoms. The standard InChI is InChI=1S/C14H16ClN3O2/c1-14(2,3)11-7-12(18-17-11)16-13(20)9-5-4-8(15)6-10(9)19/h4-7,19H,1-3H3,(H2,16,17,18,20). The van der Waals surface area contributed by atoms with Crippen molar-refractivity contribution in [1.29, 1.82) is 0 Å². The van der Waals surface area contributed by atoms with Crippen molar-refractivity contribution in [2.45, 2.75) is 26.2 Å². The molecule has 106 valence electrons. The molecule has 0 saturated heterocycles. The summed E-state index contributed by atoms with van der Waals surface area (Å²) in [5.41, 5.74) is 0.973. The van der Waals surface area contributed by atoms with Gasteiger partial charge in [0, 0.05) is 22.2 Å². The lowest BCUT2D eigenvalue weighted by atomic mass is 9.92. The van der Waals surface area contributed by atoms with E-state index in [4.69, 9.17) is 11.6 Å². The number of halogens is 1. The van der Waals surface area contributed by atoms with Crippen LogP contribution in [0.25, 0.3) is 0 Å². The van der Waals surface area contributed by atoms with Gasteiger partial charge in [0.15, 0.2) is 5.82 Å². The summed E-state index contributed by atoms with van der Waals surface area (Å²) in [5.74, 6) is -0.193. The summed E-state index contributed by atoms with van der Waals surface area (Å²) in [6.07, 6.45) is 0. The number of carbonyl (C=O) groups excluding carboxylic acids is 1. The maximum absolute atomic E-state index is 12.0. The Morgan fingerprint density at radius 1 is 1.35 bits per heavy atom. The average molecular weight is 294 g/mol. The average Bonchev–Trinajstić information content (AvgIpc) is 2.76. The molecule has 0 radical (unpaired) electrons. The van der Waals surface area contributed by atoms with Gasteiger partial charge < -0.3 is 10.4 Å². The van der Waals surface area contributed by atoms with Crippen LogP contribution in [0, 0.1) is 0 Å². The van der Waals surface area contributed by atoms with Crippen LogP contribution in [0.4, 0.5) is 5.82 Å². The Morgan fingerprint density at radius 2 is 2.05 bits per heavy atom. The first-order valence-electron chi connectivity index (χ1n) is 6.13. The largest absolute Gasteiger partial charge is 0.507 e. The zero-order chi connectivity index (χ0) is 14.9. The molecule has 0 unspecified atom stereocenters. The summed E-state index contributed by atoms with van der Waals surface area (Å²) in [4.78, 5) is 12.0. The number of H-pyrrole nitrogens is 1. The Balaban J connectivity index is 2.17. The maximum Gasteiger partial charge on any atom is 0.260 e. The Kier molecular flexibility index (Phi) is 3.72. The monoisotopic (exact) mass is 293 g/mol. The van der Waals surface area contributed by atoms with E-state index in [9.17, 15) is 9.90 Å². The topological polar surface area (TPSA) is 78.0 Å². The molecule has 2 aromatic rings. The molecular formula is C14H16ClN3O2. The molecule has 0 aliphatic carbocycles. The van der Waals surface area contributed by atoms with Gasteiger partial charge in [-0.25, -0.2) is 0 Å². The normalized spacial score (nSPS) is 11.4. The first-order valence-corrected chi connectivity index (χ1v) is 6.51. The van der Waals surface area contributed by atoms with E-state index in [0.29, 0.717) is 10.8 Å². The fourth-order valence-electron chi connectivity index (χ4n) is 1.65. The second-order valence-corrected chi connectivity index (χ2v) is 5.97. The highest BCUT2D eigenvalue weighted by Crippen LogP contribution is 2.24. The SMILES string of the molecule is CC(C)(C)c1cc(NC(=O)c2ccc(Cl)cc2O)n[nH]1. The van der Waals surface area contributed by atoms with E-state index in [1.165, 1.54) is 12.1 Å². The molecule has 1 aromatic heterocycles. The van der Waals surface area contributed by atoms with Gasteiger partial charge in [0.05, 0.1) is 5.56 Å². The smallest absolute Gasteiger partial charge is 0.260 e. The highest BCUT2D eigenvalue weighted by Gasteiger charge is 2.18. The minimum absolute atomic E-state index is 0.0849. The molecule has 0 aliphatic rings. The number of nitrogens with zero attached hydrogens (tertiary/aromatic N) is 1. The van der Waals surface area contributed by atoms with E-state index in [-0.39, 0.29) is 16.7 Å². The van der Waals surface area contributed by atoms with Gasteiger partial charge in [0.2, 0.25) is 0 Å². The van der Waals surface area contributed by atoms with Crippen molar-refractivity contribution in [3.8, 4) is 5.75 Å². The van der Waals surface area contributed by atoms with Gasteiger partial charge in [-0.15, -0.1) is 0 Å². The molecule has 0 aliphatic heterocycles. The molecule has 1 heterocycles. The number of nitrogens with one attached hydrogen (secondary N) is 2. The molecule has 0 fully saturated rings. The van der Waals surface area contributed by atoms with Gasteiger partial charge in [-0.05, 0) is 18.2 Å². The van der Waals surface area contributed by atoms with Crippen molar-refractivity contribution in [2.24, 2.45) is 0 Å². The van der Waals surface area contributed by atoms with E-state index in [1.54, 1.807) is 12.1 Å². The summed E-state index contributed by atoms with van der Waals surface area (Å²) in [5, 5.41) is 19.6. The number of phenolic OH excluding ortho intramolecular Hbond substituents is 1. The Hall–Kier alpha value is -2.01. The minimum atomic E-state index is -0.439. The number of aromatic hydroxyl groups is 1. The zero-order valence-corrected chi connectivity index (χ0v) is 12.2. The number of rotatable bonds is 2. The second-order valence-electron chi connectivity index (χ2n) is 5.53. The summed E-state index contributed by atoms with van der Waals surface area (Å²) < 4.78 is 0. The van der Waals surface area contributed by atoms with Gasteiger partial charge in [0.25, 0.3) is 5.91 Å². The van der Waals surface area contributed by atoms with Crippen LogP contribution in [0.3, 0.4) is 0 Å². The Morgan fingerprint density at radius 3 is 2.60 bits per heavy atom. The Labute approximate surface area is 122 Å². The summed E-state index contributed by atoms with van der Waals surface area (Å²) >= 11 is 5.73. The molecular weight excluding hydrogens is 278 g/mol. The van der Waals surface area contributed by atoms with Crippen LogP contribution in [-0.4, -0.2) is 21.2 Å². The molecule has 1 aromatic carbocycles. The maximum atomic E-state index is 12.0. The van der Waals surface area contributed by atoms with Crippen LogP contribution < -0.4 is 5.32 Å². The second kappa shape index (κ2) is 5.17. The first kappa shape index (κ1) is 14.4. The van der Waals surface area contributed by atoms with E-state index in [2.05, 4.69) is 15.5 Å². The van der Waals surface area contributed by atoms with Gasteiger partial charge >= 0.3 is 0 Å². The third-order valence-electron chi connectivity index (χ3n) is 2.83. The van der Waals surface area contributed by atoms with Crippen LogP contribution in [-0.2, 0) is 5.41 Å². The van der Waals surface area contributed by atoms with E-state index in [0.717, 1.165) is 5.69 Å². The predicted molar refractivity (Wildman–Crippen MR) is 78.4 cm³/mol. The number of benzene rings is 1. The van der Waals surface area contributed by atoms with Crippen LogP contribution in [0.1, 0.15) is 36.8 Å². The molecule has 2 rings (SSSR count). The van der Waals surface area contributed by atoms with E-state index >= 15 is 0 Å². The van der Waals surface area contributed by atoms with Crippen LogP contribution in [0.5, 0.6) is 5.75 Å². The van der Waals surface area contributed by atoms with Crippen molar-refractivity contribution < 1.29 is 9.90 Å². The molecule has 0 saturated carbocycles. The number of aromatic nitrogens is 2. The third kappa shape index (κ3) is 3.11. The molecule has 3 N–H and O–H groups in total. The van der Waals surface area contributed by atoms with E-state index < -0.39 is 5.91 Å². The summed E-state index contributed by atoms with van der Waals surface area (Å²) in [7, 11) is 0. The number of phenols is 1. The lowest BCUT2D eigenvalue weighted by Crippen LogP contribution is -2.12. The van der Waals surface area contributed by atoms with Crippen LogP contribution in [0.2, 0.25) is 5.02 Å². The molecule has 20 heavy (non-hydrogen) atoms. The van der Waals surface area contributed by atoms with Gasteiger partial charge in [-0.1, -0.05) is 32.4 Å². The van der Waals surface area contributed by atoms with Crippen molar-refractivity contribution in [1.82, 2.24) is 10.2 Å². The number of hydrogen-bond donors (Lipinski definition) is 3. The highest BCUT2D eigenvalue weighted by atomic mass is 35.5. The van der Waals surface area contributed by atoms with Gasteiger partial charge in [-0.3, -0.25) is 9.89 Å². The fourth-order valence-corrected chi connectivity index (χ4v) is 1.82. The van der Waals surface area contributed by atoms with Crippen molar-refractivity contribution in [3.63, 3.8) is 0 Å². The molecule has 5 nitrogen and oxygen atoms in total. The van der Waals surface area contributed by atoms with Crippen molar-refractivity contribution in [3.05, 3.63) is 40.5 Å².